The van der Waals surface area contributed by atoms with Crippen molar-refractivity contribution in [2.45, 2.75) is 13.5 Å². The SMILES string of the molecule is Cc1ccc(OCC(=O)NCCn2nc(-c3ccccn3)n(C)c2=O)cc1. The van der Waals surface area contributed by atoms with Crippen LogP contribution in [0.4, 0.5) is 0 Å². The number of amides is 1. The second-order valence-corrected chi connectivity index (χ2v) is 6.05. The maximum Gasteiger partial charge on any atom is 0.346 e. The molecule has 2 aromatic heterocycles. The normalized spacial score (nSPS) is 10.6. The zero-order chi connectivity index (χ0) is 19.2. The summed E-state index contributed by atoms with van der Waals surface area (Å²) in [7, 11) is 1.64. The summed E-state index contributed by atoms with van der Waals surface area (Å²) in [6, 6.07) is 12.9. The van der Waals surface area contributed by atoms with Crippen molar-refractivity contribution < 1.29 is 9.53 Å². The van der Waals surface area contributed by atoms with Gasteiger partial charge in [0.1, 0.15) is 11.4 Å². The van der Waals surface area contributed by atoms with Gasteiger partial charge in [-0.3, -0.25) is 14.3 Å². The van der Waals surface area contributed by atoms with Crippen molar-refractivity contribution in [3.8, 4) is 17.3 Å². The van der Waals surface area contributed by atoms with Crippen LogP contribution < -0.4 is 15.7 Å². The number of hydrogen-bond donors (Lipinski definition) is 1. The molecule has 1 N–H and O–H groups in total. The largest absolute Gasteiger partial charge is 0.484 e. The Kier molecular flexibility index (Phi) is 5.65. The molecule has 0 radical (unpaired) electrons. The number of benzene rings is 1. The second kappa shape index (κ2) is 8.31. The van der Waals surface area contributed by atoms with E-state index in [0.717, 1.165) is 5.56 Å². The van der Waals surface area contributed by atoms with Crippen LogP contribution in [0.5, 0.6) is 5.75 Å². The number of pyridine rings is 1. The highest BCUT2D eigenvalue weighted by Gasteiger charge is 2.13. The molecule has 1 aromatic carbocycles. The number of rotatable bonds is 7. The summed E-state index contributed by atoms with van der Waals surface area (Å²) < 4.78 is 8.17. The summed E-state index contributed by atoms with van der Waals surface area (Å²) in [6.45, 7) is 2.43. The highest BCUT2D eigenvalue weighted by molar-refractivity contribution is 5.77. The topological polar surface area (TPSA) is 91.0 Å². The molecule has 0 aliphatic carbocycles. The summed E-state index contributed by atoms with van der Waals surface area (Å²) in [5.74, 6) is 0.857. The number of nitrogens with zero attached hydrogens (tertiary/aromatic N) is 4. The molecule has 0 aliphatic rings. The van der Waals surface area contributed by atoms with Crippen LogP contribution in [0.3, 0.4) is 0 Å². The standard InChI is InChI=1S/C19H21N5O3/c1-14-6-8-15(9-7-14)27-13-17(25)21-11-12-24-19(26)23(2)18(22-24)16-5-3-4-10-20-16/h3-10H,11-13H2,1-2H3,(H,21,25). The lowest BCUT2D eigenvalue weighted by atomic mass is 10.2. The summed E-state index contributed by atoms with van der Waals surface area (Å²) in [5, 5.41) is 7.02. The fraction of sp³-hybridized carbons (Fsp3) is 0.263. The third-order valence-electron chi connectivity index (χ3n) is 3.97. The molecular formula is C19H21N5O3. The molecule has 8 nitrogen and oxygen atoms in total. The van der Waals surface area contributed by atoms with E-state index in [0.29, 0.717) is 17.3 Å². The summed E-state index contributed by atoms with van der Waals surface area (Å²) in [4.78, 5) is 28.4. The highest BCUT2D eigenvalue weighted by Crippen LogP contribution is 2.11. The Balaban J connectivity index is 1.52. The van der Waals surface area contributed by atoms with E-state index in [1.807, 2.05) is 37.3 Å². The van der Waals surface area contributed by atoms with E-state index < -0.39 is 0 Å². The van der Waals surface area contributed by atoms with Crippen LogP contribution in [0.2, 0.25) is 0 Å². The minimum absolute atomic E-state index is 0.0840. The maximum absolute atomic E-state index is 12.3. The van der Waals surface area contributed by atoms with Crippen molar-refractivity contribution in [3.63, 3.8) is 0 Å². The van der Waals surface area contributed by atoms with E-state index in [9.17, 15) is 9.59 Å². The summed E-state index contributed by atoms with van der Waals surface area (Å²) in [5.41, 5.74) is 1.48. The van der Waals surface area contributed by atoms with E-state index in [-0.39, 0.29) is 31.3 Å². The lowest BCUT2D eigenvalue weighted by Gasteiger charge is -2.07. The first kappa shape index (κ1) is 18.4. The van der Waals surface area contributed by atoms with Gasteiger partial charge in [-0.2, -0.15) is 0 Å². The Hall–Kier alpha value is -3.42. The average Bonchev–Trinajstić information content (AvgIpc) is 2.97. The molecule has 1 amide bonds. The number of aryl methyl sites for hydroxylation is 1. The smallest absolute Gasteiger partial charge is 0.346 e. The molecule has 3 rings (SSSR count). The molecule has 0 aliphatic heterocycles. The van der Waals surface area contributed by atoms with E-state index >= 15 is 0 Å². The van der Waals surface area contributed by atoms with E-state index in [1.54, 1.807) is 25.4 Å². The predicted molar refractivity (Wildman–Crippen MR) is 100 cm³/mol. The van der Waals surface area contributed by atoms with Gasteiger partial charge in [-0.05, 0) is 31.2 Å². The lowest BCUT2D eigenvalue weighted by Crippen LogP contribution is -2.34. The first-order valence-electron chi connectivity index (χ1n) is 8.56. The van der Waals surface area contributed by atoms with Gasteiger partial charge in [0.2, 0.25) is 0 Å². The van der Waals surface area contributed by atoms with Crippen LogP contribution in [0, 0.1) is 6.92 Å². The Morgan fingerprint density at radius 2 is 1.96 bits per heavy atom. The minimum atomic E-state index is -0.263. The predicted octanol–water partition coefficient (Wildman–Crippen LogP) is 1.15. The van der Waals surface area contributed by atoms with E-state index in [4.69, 9.17) is 4.74 Å². The number of aromatic nitrogens is 4. The quantitative estimate of drug-likeness (QED) is 0.676. The van der Waals surface area contributed by atoms with Crippen molar-refractivity contribution in [2.75, 3.05) is 13.2 Å². The molecule has 0 fully saturated rings. The maximum atomic E-state index is 12.3. The van der Waals surface area contributed by atoms with Gasteiger partial charge in [-0.15, -0.1) is 5.10 Å². The third kappa shape index (κ3) is 4.60. The number of carbonyl (C=O) groups excluding carboxylic acids is 1. The van der Waals surface area contributed by atoms with Gasteiger partial charge in [0.15, 0.2) is 12.4 Å². The van der Waals surface area contributed by atoms with Crippen molar-refractivity contribution in [1.82, 2.24) is 24.6 Å². The van der Waals surface area contributed by atoms with Crippen molar-refractivity contribution in [1.29, 1.82) is 0 Å². The van der Waals surface area contributed by atoms with Crippen LogP contribution in [-0.2, 0) is 18.4 Å². The Labute approximate surface area is 156 Å². The lowest BCUT2D eigenvalue weighted by molar-refractivity contribution is -0.123. The molecule has 3 aromatic rings. The zero-order valence-electron chi connectivity index (χ0n) is 15.3. The Morgan fingerprint density at radius 3 is 2.67 bits per heavy atom. The van der Waals surface area contributed by atoms with Gasteiger partial charge in [-0.25, -0.2) is 9.48 Å². The van der Waals surface area contributed by atoms with Gasteiger partial charge < -0.3 is 10.1 Å². The molecule has 27 heavy (non-hydrogen) atoms. The van der Waals surface area contributed by atoms with Gasteiger partial charge in [0, 0.05) is 19.8 Å². The highest BCUT2D eigenvalue weighted by atomic mass is 16.5. The summed E-state index contributed by atoms with van der Waals surface area (Å²) in [6.07, 6.45) is 1.65. The molecular weight excluding hydrogens is 346 g/mol. The molecule has 0 unspecified atom stereocenters. The van der Waals surface area contributed by atoms with Crippen molar-refractivity contribution >= 4 is 5.91 Å². The van der Waals surface area contributed by atoms with Crippen LogP contribution in [-0.4, -0.2) is 38.4 Å². The van der Waals surface area contributed by atoms with Gasteiger partial charge >= 0.3 is 5.69 Å². The van der Waals surface area contributed by atoms with Crippen molar-refractivity contribution in [3.05, 3.63) is 64.7 Å². The summed E-state index contributed by atoms with van der Waals surface area (Å²) >= 11 is 0. The average molecular weight is 367 g/mol. The zero-order valence-corrected chi connectivity index (χ0v) is 15.3. The number of nitrogens with one attached hydrogen (secondary N) is 1. The molecule has 0 saturated heterocycles. The molecule has 0 bridgehead atoms. The van der Waals surface area contributed by atoms with Gasteiger partial charge in [-0.1, -0.05) is 23.8 Å². The number of ether oxygens (including phenoxy) is 1. The van der Waals surface area contributed by atoms with Crippen LogP contribution >= 0.6 is 0 Å². The number of hydrogen-bond acceptors (Lipinski definition) is 5. The Bertz CT molecular complexity index is 961. The first-order valence-corrected chi connectivity index (χ1v) is 8.56. The fourth-order valence-electron chi connectivity index (χ4n) is 2.49. The van der Waals surface area contributed by atoms with Crippen LogP contribution in [0.1, 0.15) is 5.56 Å². The molecule has 0 atom stereocenters. The number of carbonyl (C=O) groups is 1. The molecule has 8 heteroatoms. The Morgan fingerprint density at radius 1 is 1.19 bits per heavy atom. The fourth-order valence-corrected chi connectivity index (χ4v) is 2.49. The third-order valence-corrected chi connectivity index (χ3v) is 3.97. The second-order valence-electron chi connectivity index (χ2n) is 6.05. The molecule has 2 heterocycles. The molecule has 140 valence electrons. The van der Waals surface area contributed by atoms with Gasteiger partial charge in [0.05, 0.1) is 6.54 Å². The molecule has 0 spiro atoms. The molecule has 0 saturated carbocycles. The minimum Gasteiger partial charge on any atom is -0.484 e. The van der Waals surface area contributed by atoms with E-state index in [1.165, 1.54) is 9.25 Å². The van der Waals surface area contributed by atoms with Crippen LogP contribution in [0.25, 0.3) is 11.5 Å². The first-order chi connectivity index (χ1) is 13.0. The monoisotopic (exact) mass is 367 g/mol. The van der Waals surface area contributed by atoms with Crippen molar-refractivity contribution in [2.24, 2.45) is 7.05 Å². The van der Waals surface area contributed by atoms with Gasteiger partial charge in [0.25, 0.3) is 5.91 Å². The van der Waals surface area contributed by atoms with E-state index in [2.05, 4.69) is 15.4 Å². The van der Waals surface area contributed by atoms with Crippen LogP contribution in [0.15, 0.2) is 53.5 Å².